The average Bonchev–Trinajstić information content (AvgIpc) is 3.33. The van der Waals surface area contributed by atoms with E-state index in [1.54, 1.807) is 20.3 Å². The van der Waals surface area contributed by atoms with Crippen molar-refractivity contribution in [3.8, 4) is 0 Å². The molecule has 3 aromatic rings. The lowest BCUT2D eigenvalue weighted by molar-refractivity contribution is -0.113. The summed E-state index contributed by atoms with van der Waals surface area (Å²) in [5.41, 5.74) is 1.35. The summed E-state index contributed by atoms with van der Waals surface area (Å²) in [5.74, 6) is -0.836. The number of hydrogen-bond donors (Lipinski definition) is 1. The number of carbonyl (C=O) groups excluding carboxylic acids is 2. The van der Waals surface area contributed by atoms with Gasteiger partial charge in [0.1, 0.15) is 11.2 Å². The number of nitrogens with zero attached hydrogens (tertiary/aromatic N) is 3. The fourth-order valence-electron chi connectivity index (χ4n) is 3.59. The highest BCUT2D eigenvalue weighted by Crippen LogP contribution is 2.31. The summed E-state index contributed by atoms with van der Waals surface area (Å²) < 4.78 is 34.6. The lowest BCUT2D eigenvalue weighted by Crippen LogP contribution is -2.29. The first-order valence-electron chi connectivity index (χ1n) is 10.2. The van der Waals surface area contributed by atoms with Crippen LogP contribution in [-0.2, 0) is 14.8 Å². The predicted octanol–water partition coefficient (Wildman–Crippen LogP) is 3.07. The molecule has 0 bridgehead atoms. The molecule has 0 spiro atoms. The standard InChI is InChI=1S/C23H22N4O5S/c1-27(2)23(29)16-8-10-18-20(14-16)33(30,31)26-21(25-18)19(28)11-9-17(22-24-12-13-32-22)15-6-4-3-5-7-15/h3-8,10,12-14,17H,9,11H2,1-2H3,(H,25,26). The number of ketones is 1. The van der Waals surface area contributed by atoms with E-state index in [4.69, 9.17) is 4.42 Å². The molecule has 2 heterocycles. The first-order valence-corrected chi connectivity index (χ1v) is 11.7. The lowest BCUT2D eigenvalue weighted by Gasteiger charge is -2.19. The van der Waals surface area contributed by atoms with E-state index in [-0.39, 0.29) is 40.2 Å². The number of carbonyl (C=O) groups is 2. The van der Waals surface area contributed by atoms with E-state index < -0.39 is 15.8 Å². The number of fused-ring (bicyclic) bond motifs is 1. The number of amidine groups is 1. The Morgan fingerprint density at radius 3 is 2.55 bits per heavy atom. The van der Waals surface area contributed by atoms with Gasteiger partial charge in [-0.25, -0.2) is 4.98 Å². The van der Waals surface area contributed by atoms with Gasteiger partial charge < -0.3 is 14.6 Å². The predicted molar refractivity (Wildman–Crippen MR) is 122 cm³/mol. The number of aromatic nitrogens is 1. The van der Waals surface area contributed by atoms with Crippen molar-refractivity contribution in [3.05, 3.63) is 78.0 Å². The van der Waals surface area contributed by atoms with E-state index in [1.807, 2.05) is 30.3 Å². The molecule has 10 heteroatoms. The van der Waals surface area contributed by atoms with E-state index in [0.717, 1.165) is 5.56 Å². The Morgan fingerprint density at radius 1 is 1.12 bits per heavy atom. The third kappa shape index (κ3) is 4.70. The van der Waals surface area contributed by atoms with Crippen molar-refractivity contribution in [2.75, 3.05) is 19.4 Å². The van der Waals surface area contributed by atoms with E-state index >= 15 is 0 Å². The summed E-state index contributed by atoms with van der Waals surface area (Å²) in [6.07, 6.45) is 3.39. The van der Waals surface area contributed by atoms with Crippen LogP contribution in [0.25, 0.3) is 0 Å². The minimum atomic E-state index is -4.15. The highest BCUT2D eigenvalue weighted by atomic mass is 32.2. The van der Waals surface area contributed by atoms with Gasteiger partial charge in [-0.2, -0.15) is 8.42 Å². The number of hydrogen-bond acceptors (Lipinski definition) is 7. The molecule has 170 valence electrons. The van der Waals surface area contributed by atoms with Gasteiger partial charge in [-0.15, -0.1) is 4.40 Å². The number of nitrogens with one attached hydrogen (secondary N) is 1. The number of oxazole rings is 1. The minimum absolute atomic E-state index is 0.0236. The SMILES string of the molecule is CN(C)C(=O)c1ccc2c(c1)S(=O)(=O)N=C(C(=O)CCC(c1ccccc1)c1ncco1)N2. The van der Waals surface area contributed by atoms with Gasteiger partial charge in [0.2, 0.25) is 5.89 Å². The quantitative estimate of drug-likeness (QED) is 0.568. The second kappa shape index (κ2) is 8.99. The summed E-state index contributed by atoms with van der Waals surface area (Å²) in [7, 11) is -1.00. The van der Waals surface area contributed by atoms with E-state index in [1.165, 1.54) is 29.4 Å². The van der Waals surface area contributed by atoms with Crippen molar-refractivity contribution in [1.29, 1.82) is 0 Å². The molecule has 1 unspecified atom stereocenters. The van der Waals surface area contributed by atoms with Crippen molar-refractivity contribution in [1.82, 2.24) is 9.88 Å². The fraction of sp³-hybridized carbons (Fsp3) is 0.217. The molecule has 0 radical (unpaired) electrons. The van der Waals surface area contributed by atoms with Crippen LogP contribution in [0.3, 0.4) is 0 Å². The molecule has 0 saturated carbocycles. The third-order valence-corrected chi connectivity index (χ3v) is 6.57. The molecule has 1 amide bonds. The Bertz CT molecular complexity index is 1320. The molecule has 0 saturated heterocycles. The minimum Gasteiger partial charge on any atom is -0.448 e. The summed E-state index contributed by atoms with van der Waals surface area (Å²) in [6.45, 7) is 0. The molecular weight excluding hydrogens is 444 g/mol. The Morgan fingerprint density at radius 2 is 1.88 bits per heavy atom. The number of benzene rings is 2. The highest BCUT2D eigenvalue weighted by Gasteiger charge is 2.30. The Balaban J connectivity index is 1.55. The first-order chi connectivity index (χ1) is 15.8. The van der Waals surface area contributed by atoms with Crippen LogP contribution in [0.1, 0.15) is 40.6 Å². The van der Waals surface area contributed by atoms with Crippen LogP contribution in [0.15, 0.2) is 74.7 Å². The number of amides is 1. The van der Waals surface area contributed by atoms with E-state index in [9.17, 15) is 18.0 Å². The molecule has 1 N–H and O–H groups in total. The van der Waals surface area contributed by atoms with Crippen molar-refractivity contribution < 1.29 is 22.4 Å². The van der Waals surface area contributed by atoms with Crippen LogP contribution in [0, 0.1) is 0 Å². The van der Waals surface area contributed by atoms with Crippen molar-refractivity contribution in [3.63, 3.8) is 0 Å². The zero-order valence-corrected chi connectivity index (χ0v) is 18.9. The fourth-order valence-corrected chi connectivity index (χ4v) is 4.75. The van der Waals surface area contributed by atoms with Gasteiger partial charge in [-0.3, -0.25) is 9.59 Å². The molecular formula is C23H22N4O5S. The molecule has 0 aliphatic carbocycles. The molecule has 2 aromatic carbocycles. The lowest BCUT2D eigenvalue weighted by atomic mass is 9.93. The van der Waals surface area contributed by atoms with Gasteiger partial charge in [0.05, 0.1) is 17.8 Å². The van der Waals surface area contributed by atoms with E-state index in [0.29, 0.717) is 12.3 Å². The zero-order valence-electron chi connectivity index (χ0n) is 18.1. The molecule has 4 rings (SSSR count). The van der Waals surface area contributed by atoms with Crippen LogP contribution >= 0.6 is 0 Å². The van der Waals surface area contributed by atoms with Crippen LogP contribution in [0.5, 0.6) is 0 Å². The number of Topliss-reactive ketones (excluding diaryl/α,β-unsaturated/α-hetero) is 1. The Hall–Kier alpha value is -3.79. The highest BCUT2D eigenvalue weighted by molar-refractivity contribution is 7.90. The van der Waals surface area contributed by atoms with Gasteiger partial charge in [0.15, 0.2) is 11.6 Å². The van der Waals surface area contributed by atoms with Gasteiger partial charge in [-0.05, 0) is 30.2 Å². The number of rotatable bonds is 7. The molecule has 1 aliphatic rings. The second-order valence-electron chi connectivity index (χ2n) is 7.75. The van der Waals surface area contributed by atoms with Crippen LogP contribution in [0.4, 0.5) is 5.69 Å². The van der Waals surface area contributed by atoms with Gasteiger partial charge >= 0.3 is 0 Å². The van der Waals surface area contributed by atoms with Crippen LogP contribution in [0.2, 0.25) is 0 Å². The zero-order chi connectivity index (χ0) is 23.6. The molecule has 33 heavy (non-hydrogen) atoms. The monoisotopic (exact) mass is 466 g/mol. The molecule has 9 nitrogen and oxygen atoms in total. The Labute approximate surface area is 191 Å². The topological polar surface area (TPSA) is 122 Å². The second-order valence-corrected chi connectivity index (χ2v) is 9.32. The summed E-state index contributed by atoms with van der Waals surface area (Å²) >= 11 is 0. The number of sulfonamides is 1. The maximum atomic E-state index is 12.9. The van der Waals surface area contributed by atoms with Crippen molar-refractivity contribution in [2.45, 2.75) is 23.7 Å². The van der Waals surface area contributed by atoms with Gasteiger partial charge in [0, 0.05) is 26.1 Å². The van der Waals surface area contributed by atoms with Gasteiger partial charge in [0.25, 0.3) is 15.9 Å². The maximum absolute atomic E-state index is 12.9. The summed E-state index contributed by atoms with van der Waals surface area (Å²) in [5, 5.41) is 2.80. The largest absolute Gasteiger partial charge is 0.448 e. The molecule has 0 fully saturated rings. The summed E-state index contributed by atoms with van der Waals surface area (Å²) in [4.78, 5) is 30.5. The van der Waals surface area contributed by atoms with Gasteiger partial charge in [-0.1, -0.05) is 30.3 Å². The van der Waals surface area contributed by atoms with Crippen molar-refractivity contribution >= 4 is 33.2 Å². The summed E-state index contributed by atoms with van der Waals surface area (Å²) in [6, 6.07) is 13.7. The van der Waals surface area contributed by atoms with E-state index in [2.05, 4.69) is 14.7 Å². The smallest absolute Gasteiger partial charge is 0.286 e. The maximum Gasteiger partial charge on any atom is 0.286 e. The third-order valence-electron chi connectivity index (χ3n) is 5.25. The van der Waals surface area contributed by atoms with Crippen molar-refractivity contribution in [2.24, 2.45) is 4.40 Å². The number of anilines is 1. The normalized spacial score (nSPS) is 15.0. The Kier molecular flexibility index (Phi) is 6.10. The average molecular weight is 467 g/mol. The molecule has 1 atom stereocenters. The first kappa shape index (κ1) is 22.4. The molecule has 1 aromatic heterocycles. The van der Waals surface area contributed by atoms with Crippen LogP contribution < -0.4 is 5.32 Å². The van der Waals surface area contributed by atoms with Crippen LogP contribution in [-0.4, -0.2) is 49.9 Å². The molecule has 1 aliphatic heterocycles.